The SMILES string of the molecule is C=CC(=O)N(C)C1CN(C(=O)Cc2cc3ccccc3n2C)C1. The van der Waals surface area contributed by atoms with Crippen LogP contribution in [0.3, 0.4) is 0 Å². The molecule has 0 spiro atoms. The summed E-state index contributed by atoms with van der Waals surface area (Å²) in [4.78, 5) is 27.4. The van der Waals surface area contributed by atoms with Gasteiger partial charge in [0.1, 0.15) is 0 Å². The van der Waals surface area contributed by atoms with Crippen molar-refractivity contribution in [2.45, 2.75) is 12.5 Å². The number of nitrogens with zero attached hydrogens (tertiary/aromatic N) is 3. The highest BCUT2D eigenvalue weighted by atomic mass is 16.2. The number of likely N-dealkylation sites (tertiary alicyclic amines) is 1. The van der Waals surface area contributed by atoms with E-state index in [0.717, 1.165) is 16.6 Å². The van der Waals surface area contributed by atoms with Crippen LogP contribution in [0.2, 0.25) is 0 Å². The first-order valence-corrected chi connectivity index (χ1v) is 7.71. The molecule has 1 fully saturated rings. The molecule has 1 aromatic heterocycles. The average Bonchev–Trinajstić information content (AvgIpc) is 2.81. The lowest BCUT2D eigenvalue weighted by Crippen LogP contribution is -2.61. The second kappa shape index (κ2) is 5.91. The van der Waals surface area contributed by atoms with Gasteiger partial charge in [-0.3, -0.25) is 9.59 Å². The van der Waals surface area contributed by atoms with E-state index in [0.29, 0.717) is 19.5 Å². The Morgan fingerprint density at radius 1 is 1.35 bits per heavy atom. The molecule has 1 aromatic carbocycles. The molecule has 1 aliphatic rings. The summed E-state index contributed by atoms with van der Waals surface area (Å²) in [6, 6.07) is 10.3. The van der Waals surface area contributed by atoms with Gasteiger partial charge in [0, 0.05) is 38.4 Å². The van der Waals surface area contributed by atoms with Crippen LogP contribution in [0.15, 0.2) is 43.0 Å². The van der Waals surface area contributed by atoms with Crippen LogP contribution in [0.4, 0.5) is 0 Å². The third-order valence-corrected chi connectivity index (χ3v) is 4.67. The number of fused-ring (bicyclic) bond motifs is 1. The van der Waals surface area contributed by atoms with E-state index in [1.54, 1.807) is 16.8 Å². The van der Waals surface area contributed by atoms with Crippen molar-refractivity contribution in [3.05, 3.63) is 48.7 Å². The van der Waals surface area contributed by atoms with Crippen molar-refractivity contribution in [3.63, 3.8) is 0 Å². The Labute approximate surface area is 135 Å². The van der Waals surface area contributed by atoms with Gasteiger partial charge in [-0.05, 0) is 23.6 Å². The molecule has 0 unspecified atom stereocenters. The predicted octanol–water partition coefficient (Wildman–Crippen LogP) is 1.58. The third kappa shape index (κ3) is 2.74. The molecule has 0 saturated carbocycles. The van der Waals surface area contributed by atoms with Crippen LogP contribution in [-0.2, 0) is 23.1 Å². The molecule has 2 amide bonds. The number of aromatic nitrogens is 1. The van der Waals surface area contributed by atoms with E-state index >= 15 is 0 Å². The summed E-state index contributed by atoms with van der Waals surface area (Å²) in [5.74, 6) is 0.00221. The number of likely N-dealkylation sites (N-methyl/N-ethyl adjacent to an activating group) is 1. The molecular formula is C18H21N3O2. The largest absolute Gasteiger partial charge is 0.347 e. The summed E-state index contributed by atoms with van der Waals surface area (Å²) in [6.45, 7) is 4.68. The molecule has 5 nitrogen and oxygen atoms in total. The Bertz CT molecular complexity index is 772. The highest BCUT2D eigenvalue weighted by Gasteiger charge is 2.34. The Hall–Kier alpha value is -2.56. The van der Waals surface area contributed by atoms with Gasteiger partial charge in [-0.1, -0.05) is 24.8 Å². The highest BCUT2D eigenvalue weighted by Crippen LogP contribution is 2.21. The van der Waals surface area contributed by atoms with Crippen molar-refractivity contribution in [2.75, 3.05) is 20.1 Å². The van der Waals surface area contributed by atoms with Crippen molar-refractivity contribution in [3.8, 4) is 0 Å². The second-order valence-corrected chi connectivity index (χ2v) is 6.04. The van der Waals surface area contributed by atoms with Crippen molar-refractivity contribution in [1.29, 1.82) is 0 Å². The number of hydrogen-bond acceptors (Lipinski definition) is 2. The topological polar surface area (TPSA) is 45.6 Å². The smallest absolute Gasteiger partial charge is 0.246 e. The molecule has 2 heterocycles. The van der Waals surface area contributed by atoms with Crippen molar-refractivity contribution >= 4 is 22.7 Å². The fourth-order valence-corrected chi connectivity index (χ4v) is 3.01. The Morgan fingerprint density at radius 3 is 2.70 bits per heavy atom. The maximum Gasteiger partial charge on any atom is 0.246 e. The molecule has 3 rings (SSSR count). The van der Waals surface area contributed by atoms with Crippen molar-refractivity contribution < 1.29 is 9.59 Å². The number of hydrogen-bond donors (Lipinski definition) is 0. The molecule has 0 radical (unpaired) electrons. The summed E-state index contributed by atoms with van der Waals surface area (Å²) in [5.41, 5.74) is 2.14. The highest BCUT2D eigenvalue weighted by molar-refractivity contribution is 5.88. The van der Waals surface area contributed by atoms with Gasteiger partial charge in [-0.2, -0.15) is 0 Å². The number of para-hydroxylation sites is 1. The zero-order valence-corrected chi connectivity index (χ0v) is 13.5. The number of carbonyl (C=O) groups is 2. The van der Waals surface area contributed by atoms with Gasteiger partial charge in [-0.25, -0.2) is 0 Å². The molecule has 1 aliphatic heterocycles. The molecule has 1 saturated heterocycles. The third-order valence-electron chi connectivity index (χ3n) is 4.67. The van der Waals surface area contributed by atoms with E-state index < -0.39 is 0 Å². The maximum absolute atomic E-state index is 12.4. The number of aryl methyl sites for hydroxylation is 1. The van der Waals surface area contributed by atoms with E-state index in [1.165, 1.54) is 6.08 Å². The van der Waals surface area contributed by atoms with Crippen LogP contribution in [0.25, 0.3) is 10.9 Å². The van der Waals surface area contributed by atoms with Gasteiger partial charge in [0.05, 0.1) is 12.5 Å². The fraction of sp³-hybridized carbons (Fsp3) is 0.333. The first-order chi connectivity index (χ1) is 11.0. The first kappa shape index (κ1) is 15.3. The fourth-order valence-electron chi connectivity index (χ4n) is 3.01. The van der Waals surface area contributed by atoms with Gasteiger partial charge < -0.3 is 14.4 Å². The van der Waals surface area contributed by atoms with E-state index in [4.69, 9.17) is 0 Å². The molecule has 2 aromatic rings. The van der Waals surface area contributed by atoms with Gasteiger partial charge >= 0.3 is 0 Å². The molecular weight excluding hydrogens is 290 g/mol. The summed E-state index contributed by atoms with van der Waals surface area (Å²) in [6.07, 6.45) is 1.69. The van der Waals surface area contributed by atoms with Gasteiger partial charge in [0.2, 0.25) is 11.8 Å². The van der Waals surface area contributed by atoms with Crippen LogP contribution >= 0.6 is 0 Å². The first-order valence-electron chi connectivity index (χ1n) is 7.71. The minimum atomic E-state index is -0.101. The second-order valence-electron chi connectivity index (χ2n) is 6.04. The Balaban J connectivity index is 1.63. The minimum absolute atomic E-state index is 0.0944. The summed E-state index contributed by atoms with van der Waals surface area (Å²) in [5, 5.41) is 1.15. The average molecular weight is 311 g/mol. The number of carbonyl (C=O) groups excluding carboxylic acids is 2. The zero-order chi connectivity index (χ0) is 16.6. The number of benzene rings is 1. The summed E-state index contributed by atoms with van der Waals surface area (Å²) >= 11 is 0. The standard InChI is InChI=1S/C18H21N3O2/c1-4-17(22)20(3)15-11-21(12-15)18(23)10-14-9-13-7-5-6-8-16(13)19(14)2/h4-9,15H,1,10-12H2,2-3H3. The van der Waals surface area contributed by atoms with Crippen LogP contribution < -0.4 is 0 Å². The van der Waals surface area contributed by atoms with Crippen molar-refractivity contribution in [1.82, 2.24) is 14.4 Å². The molecule has 5 heteroatoms. The van der Waals surface area contributed by atoms with Gasteiger partial charge in [0.25, 0.3) is 0 Å². The van der Waals surface area contributed by atoms with Gasteiger partial charge in [0.15, 0.2) is 0 Å². The van der Waals surface area contributed by atoms with E-state index in [2.05, 4.69) is 29.3 Å². The van der Waals surface area contributed by atoms with Crippen LogP contribution in [-0.4, -0.2) is 52.4 Å². The van der Waals surface area contributed by atoms with E-state index in [-0.39, 0.29) is 17.9 Å². The lowest BCUT2D eigenvalue weighted by molar-refractivity contribution is -0.142. The lowest BCUT2D eigenvalue weighted by atomic mass is 10.1. The van der Waals surface area contributed by atoms with Crippen LogP contribution in [0.1, 0.15) is 5.69 Å². The Kier molecular flexibility index (Phi) is 3.94. The zero-order valence-electron chi connectivity index (χ0n) is 13.5. The minimum Gasteiger partial charge on any atom is -0.347 e. The number of rotatable bonds is 4. The lowest BCUT2D eigenvalue weighted by Gasteiger charge is -2.43. The van der Waals surface area contributed by atoms with Crippen LogP contribution in [0.5, 0.6) is 0 Å². The molecule has 120 valence electrons. The molecule has 0 N–H and O–H groups in total. The molecule has 0 bridgehead atoms. The maximum atomic E-state index is 12.4. The Morgan fingerprint density at radius 2 is 2.04 bits per heavy atom. The van der Waals surface area contributed by atoms with Crippen molar-refractivity contribution in [2.24, 2.45) is 7.05 Å². The monoisotopic (exact) mass is 311 g/mol. The molecule has 0 aliphatic carbocycles. The van der Waals surface area contributed by atoms with E-state index in [1.807, 2.05) is 19.2 Å². The quantitative estimate of drug-likeness (QED) is 0.805. The summed E-state index contributed by atoms with van der Waals surface area (Å²) < 4.78 is 2.07. The predicted molar refractivity (Wildman–Crippen MR) is 90.0 cm³/mol. The number of amides is 2. The molecule has 23 heavy (non-hydrogen) atoms. The van der Waals surface area contributed by atoms with Crippen LogP contribution in [0, 0.1) is 0 Å². The molecule has 0 atom stereocenters. The normalized spacial score (nSPS) is 14.6. The van der Waals surface area contributed by atoms with Gasteiger partial charge in [-0.15, -0.1) is 0 Å². The summed E-state index contributed by atoms with van der Waals surface area (Å²) in [7, 11) is 3.74. The van der Waals surface area contributed by atoms with E-state index in [9.17, 15) is 9.59 Å².